The third kappa shape index (κ3) is 4.04. The molecule has 0 spiro atoms. The number of ether oxygens (including phenoxy) is 1. The van der Waals surface area contributed by atoms with Crippen molar-refractivity contribution in [2.24, 2.45) is 0 Å². The standard InChI is InChI=1S/C23H24FN3O/c1-28-21-7-3-2-6-20(21)23-22(25-12-13-26-23)18-5-4-14-27(16-18)15-17-8-10-19(24)11-9-17/h2-3,6-13,18H,4-5,14-16H2,1H3. The van der Waals surface area contributed by atoms with E-state index in [1.807, 2.05) is 36.4 Å². The number of piperidine rings is 1. The van der Waals surface area contributed by atoms with Crippen molar-refractivity contribution in [3.8, 4) is 17.0 Å². The molecule has 1 saturated heterocycles. The predicted molar refractivity (Wildman–Crippen MR) is 108 cm³/mol. The van der Waals surface area contributed by atoms with E-state index in [4.69, 9.17) is 9.72 Å². The Hall–Kier alpha value is -2.79. The van der Waals surface area contributed by atoms with Crippen molar-refractivity contribution < 1.29 is 9.13 Å². The van der Waals surface area contributed by atoms with Gasteiger partial charge in [-0.3, -0.25) is 14.9 Å². The van der Waals surface area contributed by atoms with Gasteiger partial charge in [0.25, 0.3) is 0 Å². The Morgan fingerprint density at radius 3 is 2.68 bits per heavy atom. The van der Waals surface area contributed by atoms with Crippen molar-refractivity contribution in [3.05, 3.63) is 78.0 Å². The normalized spacial score (nSPS) is 17.4. The predicted octanol–water partition coefficient (Wildman–Crippen LogP) is 4.67. The second-order valence-electron chi connectivity index (χ2n) is 7.19. The minimum absolute atomic E-state index is 0.193. The van der Waals surface area contributed by atoms with Crippen LogP contribution in [0, 0.1) is 5.82 Å². The molecule has 0 N–H and O–H groups in total. The fourth-order valence-electron chi connectivity index (χ4n) is 3.97. The van der Waals surface area contributed by atoms with Crippen LogP contribution in [0.15, 0.2) is 60.9 Å². The first kappa shape index (κ1) is 18.6. The molecule has 4 rings (SSSR count). The number of nitrogens with zero attached hydrogens (tertiary/aromatic N) is 3. The molecule has 2 aromatic carbocycles. The number of rotatable bonds is 5. The molecule has 0 aliphatic carbocycles. The SMILES string of the molecule is COc1ccccc1-c1nccnc1C1CCCN(Cc2ccc(F)cc2)C1. The molecule has 0 radical (unpaired) electrons. The fraction of sp³-hybridized carbons (Fsp3) is 0.304. The van der Waals surface area contributed by atoms with Crippen molar-refractivity contribution in [1.29, 1.82) is 0 Å². The van der Waals surface area contributed by atoms with Gasteiger partial charge in [0.1, 0.15) is 11.6 Å². The summed E-state index contributed by atoms with van der Waals surface area (Å²) in [5.74, 6) is 0.923. The molecule has 2 heterocycles. The van der Waals surface area contributed by atoms with E-state index in [2.05, 4.69) is 9.88 Å². The van der Waals surface area contributed by atoms with Gasteiger partial charge in [-0.05, 0) is 49.2 Å². The molecule has 1 aliphatic rings. The van der Waals surface area contributed by atoms with Crippen molar-refractivity contribution in [3.63, 3.8) is 0 Å². The Morgan fingerprint density at radius 1 is 1.07 bits per heavy atom. The molecule has 1 aliphatic heterocycles. The van der Waals surface area contributed by atoms with Gasteiger partial charge in [-0.25, -0.2) is 4.39 Å². The number of benzene rings is 2. The summed E-state index contributed by atoms with van der Waals surface area (Å²) >= 11 is 0. The van der Waals surface area contributed by atoms with Crippen molar-refractivity contribution in [2.45, 2.75) is 25.3 Å². The highest BCUT2D eigenvalue weighted by Gasteiger charge is 2.26. The van der Waals surface area contributed by atoms with Crippen molar-refractivity contribution >= 4 is 0 Å². The summed E-state index contributed by atoms with van der Waals surface area (Å²) in [6.07, 6.45) is 5.70. The van der Waals surface area contributed by atoms with Crippen molar-refractivity contribution in [2.75, 3.05) is 20.2 Å². The van der Waals surface area contributed by atoms with E-state index in [0.717, 1.165) is 60.7 Å². The van der Waals surface area contributed by atoms with E-state index < -0.39 is 0 Å². The number of halogens is 1. The number of para-hydroxylation sites is 1. The van der Waals surface area contributed by atoms with Crippen LogP contribution in [-0.2, 0) is 6.54 Å². The summed E-state index contributed by atoms with van der Waals surface area (Å²) in [6.45, 7) is 2.78. The third-order valence-corrected chi connectivity index (χ3v) is 5.30. The molecular formula is C23H24FN3O. The van der Waals surface area contributed by atoms with Crippen LogP contribution in [0.25, 0.3) is 11.3 Å². The van der Waals surface area contributed by atoms with Crippen LogP contribution in [0.2, 0.25) is 0 Å². The zero-order chi connectivity index (χ0) is 19.3. The quantitative estimate of drug-likeness (QED) is 0.648. The molecule has 3 aromatic rings. The Bertz CT molecular complexity index is 929. The Balaban J connectivity index is 1.58. The lowest BCUT2D eigenvalue weighted by atomic mass is 9.91. The van der Waals surface area contributed by atoms with Gasteiger partial charge in [-0.2, -0.15) is 0 Å². The maximum atomic E-state index is 13.2. The number of hydrogen-bond acceptors (Lipinski definition) is 4. The molecule has 1 fully saturated rings. The van der Waals surface area contributed by atoms with Crippen LogP contribution in [0.4, 0.5) is 4.39 Å². The second kappa shape index (κ2) is 8.48. The molecule has 144 valence electrons. The van der Waals surface area contributed by atoms with Gasteiger partial charge in [0, 0.05) is 37.0 Å². The topological polar surface area (TPSA) is 38.3 Å². The number of methoxy groups -OCH3 is 1. The average molecular weight is 377 g/mol. The monoisotopic (exact) mass is 377 g/mol. The van der Waals surface area contributed by atoms with E-state index in [1.54, 1.807) is 19.5 Å². The number of aromatic nitrogens is 2. The zero-order valence-electron chi connectivity index (χ0n) is 16.0. The van der Waals surface area contributed by atoms with E-state index in [-0.39, 0.29) is 5.82 Å². The summed E-state index contributed by atoms with van der Waals surface area (Å²) in [5, 5.41) is 0. The third-order valence-electron chi connectivity index (χ3n) is 5.30. The zero-order valence-corrected chi connectivity index (χ0v) is 16.0. The van der Waals surface area contributed by atoms with Gasteiger partial charge < -0.3 is 4.74 Å². The smallest absolute Gasteiger partial charge is 0.128 e. The summed E-state index contributed by atoms with van der Waals surface area (Å²) in [4.78, 5) is 11.8. The summed E-state index contributed by atoms with van der Waals surface area (Å²) in [6, 6.07) is 14.7. The molecule has 28 heavy (non-hydrogen) atoms. The van der Waals surface area contributed by atoms with Crippen LogP contribution in [0.1, 0.15) is 30.0 Å². The molecular weight excluding hydrogens is 353 g/mol. The van der Waals surface area contributed by atoms with Crippen LogP contribution >= 0.6 is 0 Å². The van der Waals surface area contributed by atoms with Gasteiger partial charge in [0.15, 0.2) is 0 Å². The molecule has 0 bridgehead atoms. The van der Waals surface area contributed by atoms with E-state index in [9.17, 15) is 4.39 Å². The minimum Gasteiger partial charge on any atom is -0.496 e. The number of hydrogen-bond donors (Lipinski definition) is 0. The summed E-state index contributed by atoms with van der Waals surface area (Å²) < 4.78 is 18.7. The molecule has 1 atom stereocenters. The van der Waals surface area contributed by atoms with Crippen molar-refractivity contribution in [1.82, 2.24) is 14.9 Å². The molecule has 0 amide bonds. The molecule has 1 unspecified atom stereocenters. The van der Waals surface area contributed by atoms with Gasteiger partial charge in [-0.1, -0.05) is 24.3 Å². The van der Waals surface area contributed by atoms with Gasteiger partial charge in [0.2, 0.25) is 0 Å². The van der Waals surface area contributed by atoms with E-state index >= 15 is 0 Å². The van der Waals surface area contributed by atoms with Gasteiger partial charge in [-0.15, -0.1) is 0 Å². The average Bonchev–Trinajstić information content (AvgIpc) is 2.75. The lowest BCUT2D eigenvalue weighted by Crippen LogP contribution is -2.34. The molecule has 0 saturated carbocycles. The first-order valence-corrected chi connectivity index (χ1v) is 9.65. The Morgan fingerprint density at radius 2 is 1.86 bits per heavy atom. The van der Waals surface area contributed by atoms with Crippen LogP contribution in [0.3, 0.4) is 0 Å². The van der Waals surface area contributed by atoms with Crippen LogP contribution in [0.5, 0.6) is 5.75 Å². The molecule has 4 nitrogen and oxygen atoms in total. The van der Waals surface area contributed by atoms with Gasteiger partial charge in [0.05, 0.1) is 18.5 Å². The Kier molecular flexibility index (Phi) is 5.63. The van der Waals surface area contributed by atoms with E-state index in [1.165, 1.54) is 12.1 Å². The summed E-state index contributed by atoms with van der Waals surface area (Å²) in [7, 11) is 1.68. The lowest BCUT2D eigenvalue weighted by molar-refractivity contribution is 0.198. The first-order valence-electron chi connectivity index (χ1n) is 9.65. The lowest BCUT2D eigenvalue weighted by Gasteiger charge is -2.33. The highest BCUT2D eigenvalue weighted by molar-refractivity contribution is 5.69. The van der Waals surface area contributed by atoms with Crippen LogP contribution in [-0.4, -0.2) is 35.1 Å². The Labute approximate surface area is 165 Å². The van der Waals surface area contributed by atoms with E-state index in [0.29, 0.717) is 5.92 Å². The second-order valence-corrected chi connectivity index (χ2v) is 7.19. The largest absolute Gasteiger partial charge is 0.496 e. The maximum Gasteiger partial charge on any atom is 0.128 e. The highest BCUT2D eigenvalue weighted by Crippen LogP contribution is 2.35. The van der Waals surface area contributed by atoms with Gasteiger partial charge >= 0.3 is 0 Å². The molecule has 5 heteroatoms. The summed E-state index contributed by atoms with van der Waals surface area (Å²) in [5.41, 5.74) is 4.03. The fourth-order valence-corrected chi connectivity index (χ4v) is 3.97. The number of likely N-dealkylation sites (tertiary alicyclic amines) is 1. The highest BCUT2D eigenvalue weighted by atomic mass is 19.1. The maximum absolute atomic E-state index is 13.2. The minimum atomic E-state index is -0.193. The molecule has 1 aromatic heterocycles. The first-order chi connectivity index (χ1) is 13.7. The van der Waals surface area contributed by atoms with Crippen LogP contribution < -0.4 is 4.74 Å².